The molecule has 1 N–H and O–H groups in total. The fourth-order valence-electron chi connectivity index (χ4n) is 4.48. The Hall–Kier alpha value is -3.77. The van der Waals surface area contributed by atoms with Crippen molar-refractivity contribution < 1.29 is 35.9 Å². The van der Waals surface area contributed by atoms with Gasteiger partial charge in [0, 0.05) is 12.6 Å². The Morgan fingerprint density at radius 2 is 1.61 bits per heavy atom. The van der Waals surface area contributed by atoms with Gasteiger partial charge in [0.15, 0.2) is 0 Å². The maximum atomic E-state index is 14.1. The van der Waals surface area contributed by atoms with Gasteiger partial charge in [0.1, 0.15) is 18.3 Å². The van der Waals surface area contributed by atoms with Crippen LogP contribution in [-0.4, -0.2) is 50.9 Å². The summed E-state index contributed by atoms with van der Waals surface area (Å²) in [5.41, 5.74) is -0.301. The van der Waals surface area contributed by atoms with E-state index in [2.05, 4.69) is 5.32 Å². The van der Waals surface area contributed by atoms with Crippen LogP contribution in [0.5, 0.6) is 5.75 Å². The number of nitrogens with one attached hydrogen (secondary N) is 1. The van der Waals surface area contributed by atoms with E-state index in [4.69, 9.17) is 16.3 Å². The van der Waals surface area contributed by atoms with Gasteiger partial charge < -0.3 is 15.0 Å². The first-order valence-corrected chi connectivity index (χ1v) is 15.6. The molecule has 0 saturated carbocycles. The summed E-state index contributed by atoms with van der Waals surface area (Å²) in [6.45, 7) is 5.99. The van der Waals surface area contributed by atoms with Crippen molar-refractivity contribution in [3.8, 4) is 5.75 Å². The highest BCUT2D eigenvalue weighted by Gasteiger charge is 2.37. The molecule has 8 nitrogen and oxygen atoms in total. The number of rotatable bonds is 12. The molecule has 0 aliphatic rings. The number of hydrogen-bond acceptors (Lipinski definition) is 5. The molecule has 1 atom stereocenters. The van der Waals surface area contributed by atoms with E-state index in [1.165, 1.54) is 36.3 Å². The molecular weight excluding hydrogens is 619 g/mol. The number of amides is 2. The Morgan fingerprint density at radius 1 is 1.00 bits per heavy atom. The van der Waals surface area contributed by atoms with Crippen LogP contribution in [0, 0.1) is 6.92 Å². The van der Waals surface area contributed by atoms with Crippen LogP contribution in [-0.2, 0) is 32.3 Å². The number of alkyl halides is 3. The van der Waals surface area contributed by atoms with E-state index < -0.39 is 56.9 Å². The molecule has 0 bridgehead atoms. The van der Waals surface area contributed by atoms with Crippen molar-refractivity contribution in [1.29, 1.82) is 0 Å². The second kappa shape index (κ2) is 14.3. The summed E-state index contributed by atoms with van der Waals surface area (Å²) in [6, 6.07) is 13.8. The Morgan fingerprint density at radius 3 is 2.14 bits per heavy atom. The van der Waals surface area contributed by atoms with Gasteiger partial charge in [-0.2, -0.15) is 13.2 Å². The molecule has 44 heavy (non-hydrogen) atoms. The average molecular weight is 654 g/mol. The van der Waals surface area contributed by atoms with E-state index in [9.17, 15) is 31.2 Å². The highest BCUT2D eigenvalue weighted by Crippen LogP contribution is 2.38. The zero-order valence-electron chi connectivity index (χ0n) is 25.0. The minimum atomic E-state index is -4.89. The number of methoxy groups -OCH3 is 1. The minimum Gasteiger partial charge on any atom is -0.497 e. The van der Waals surface area contributed by atoms with Crippen molar-refractivity contribution in [1.82, 2.24) is 10.2 Å². The maximum absolute atomic E-state index is 14.1. The molecule has 0 heterocycles. The van der Waals surface area contributed by atoms with Crippen molar-refractivity contribution in [3.05, 3.63) is 88.4 Å². The number of halogens is 4. The van der Waals surface area contributed by atoms with Gasteiger partial charge in [-0.3, -0.25) is 13.9 Å². The van der Waals surface area contributed by atoms with E-state index in [0.717, 1.165) is 17.7 Å². The summed E-state index contributed by atoms with van der Waals surface area (Å²) in [6.07, 6.45) is -4.70. The first kappa shape index (κ1) is 34.7. The van der Waals surface area contributed by atoms with Crippen molar-refractivity contribution in [3.63, 3.8) is 0 Å². The number of aryl methyl sites for hydroxylation is 1. The van der Waals surface area contributed by atoms with Crippen LogP contribution in [0.15, 0.2) is 71.6 Å². The molecule has 3 aromatic rings. The van der Waals surface area contributed by atoms with Crippen molar-refractivity contribution in [2.75, 3.05) is 18.0 Å². The number of hydrogen-bond donors (Lipinski definition) is 1. The van der Waals surface area contributed by atoms with Crippen LogP contribution in [0.2, 0.25) is 5.02 Å². The molecule has 3 rings (SSSR count). The predicted molar refractivity (Wildman–Crippen MR) is 163 cm³/mol. The summed E-state index contributed by atoms with van der Waals surface area (Å²) >= 11 is 5.82. The lowest BCUT2D eigenvalue weighted by atomic mass is 10.1. The minimum absolute atomic E-state index is 0.0836. The van der Waals surface area contributed by atoms with Crippen LogP contribution in [0.25, 0.3) is 0 Å². The third-order valence-corrected chi connectivity index (χ3v) is 8.88. The van der Waals surface area contributed by atoms with E-state index >= 15 is 0 Å². The first-order chi connectivity index (χ1) is 20.6. The average Bonchev–Trinajstić information content (AvgIpc) is 2.95. The number of ether oxygens (including phenoxy) is 1. The number of benzene rings is 3. The van der Waals surface area contributed by atoms with Gasteiger partial charge >= 0.3 is 6.18 Å². The monoisotopic (exact) mass is 653 g/mol. The van der Waals surface area contributed by atoms with Crippen LogP contribution >= 0.6 is 11.6 Å². The first-order valence-electron chi connectivity index (χ1n) is 13.8. The summed E-state index contributed by atoms with van der Waals surface area (Å²) in [4.78, 5) is 28.3. The highest BCUT2D eigenvalue weighted by molar-refractivity contribution is 7.92. The molecule has 3 aromatic carbocycles. The van der Waals surface area contributed by atoms with E-state index in [0.29, 0.717) is 21.7 Å². The molecule has 2 amide bonds. The molecule has 238 valence electrons. The second-order valence-corrected chi connectivity index (χ2v) is 12.7. The Kier molecular flexibility index (Phi) is 11.3. The topological polar surface area (TPSA) is 96.0 Å². The lowest BCUT2D eigenvalue weighted by molar-refractivity contribution is -0.140. The molecule has 1 unspecified atom stereocenters. The quantitative estimate of drug-likeness (QED) is 0.251. The van der Waals surface area contributed by atoms with Crippen molar-refractivity contribution >= 4 is 39.1 Å². The largest absolute Gasteiger partial charge is 0.497 e. The van der Waals surface area contributed by atoms with E-state index in [1.807, 2.05) is 0 Å². The molecule has 0 aliphatic heterocycles. The van der Waals surface area contributed by atoms with Gasteiger partial charge in [0.05, 0.1) is 28.3 Å². The lowest BCUT2D eigenvalue weighted by Crippen LogP contribution is -2.53. The zero-order chi connectivity index (χ0) is 32.8. The van der Waals surface area contributed by atoms with Crippen LogP contribution in [0.1, 0.15) is 43.9 Å². The Labute approximate surface area is 260 Å². The molecule has 13 heteroatoms. The molecule has 0 radical (unpaired) electrons. The molecule has 0 aliphatic carbocycles. The van der Waals surface area contributed by atoms with E-state index in [1.54, 1.807) is 52.0 Å². The second-order valence-electron chi connectivity index (χ2n) is 10.4. The summed E-state index contributed by atoms with van der Waals surface area (Å²) in [5.74, 6) is -0.691. The fourth-order valence-corrected chi connectivity index (χ4v) is 6.11. The van der Waals surface area contributed by atoms with Crippen LogP contribution in [0.4, 0.5) is 18.9 Å². The number of carbonyl (C=O) groups is 2. The zero-order valence-corrected chi connectivity index (χ0v) is 26.6. The molecule has 0 saturated heterocycles. The number of anilines is 1. The van der Waals surface area contributed by atoms with Crippen molar-refractivity contribution in [2.45, 2.75) is 63.8 Å². The normalized spacial score (nSPS) is 12.5. The maximum Gasteiger partial charge on any atom is 0.417 e. The van der Waals surface area contributed by atoms with Gasteiger partial charge in [0.25, 0.3) is 10.0 Å². The van der Waals surface area contributed by atoms with Gasteiger partial charge in [-0.05, 0) is 75.2 Å². The number of nitrogens with zero attached hydrogens (tertiary/aromatic N) is 2. The van der Waals surface area contributed by atoms with Gasteiger partial charge in [-0.1, -0.05) is 48.4 Å². The standard InChI is InChI=1S/C31H35ClF3N3O5S/c1-6-28(30(40)36-20(2)3)37(18-22-9-12-24(43-5)13-10-22)29(39)19-38(44(41,42)25-14-7-21(4)8-15-25)23-11-16-27(32)26(17-23)31(33,34)35/h7-17,20,28H,6,18-19H2,1-5H3,(H,36,40). The fraction of sp³-hybridized carbons (Fsp3) is 0.355. The van der Waals surface area contributed by atoms with Crippen molar-refractivity contribution in [2.24, 2.45) is 0 Å². The summed E-state index contributed by atoms with van der Waals surface area (Å²) in [7, 11) is -3.07. The lowest BCUT2D eigenvalue weighted by Gasteiger charge is -2.33. The third-order valence-electron chi connectivity index (χ3n) is 6.76. The highest BCUT2D eigenvalue weighted by atomic mass is 35.5. The number of carbonyl (C=O) groups excluding carboxylic acids is 2. The Bertz CT molecular complexity index is 1560. The smallest absolute Gasteiger partial charge is 0.417 e. The van der Waals surface area contributed by atoms with Crippen LogP contribution in [0.3, 0.4) is 0 Å². The number of sulfonamides is 1. The molecule has 0 spiro atoms. The molecule has 0 fully saturated rings. The predicted octanol–water partition coefficient (Wildman–Crippen LogP) is 6.20. The third kappa shape index (κ3) is 8.44. The van der Waals surface area contributed by atoms with Gasteiger partial charge in [-0.15, -0.1) is 0 Å². The van der Waals surface area contributed by atoms with Gasteiger partial charge in [-0.25, -0.2) is 8.42 Å². The Balaban J connectivity index is 2.15. The summed E-state index contributed by atoms with van der Waals surface area (Å²) in [5, 5.41) is 2.16. The van der Waals surface area contributed by atoms with E-state index in [-0.39, 0.29) is 23.9 Å². The molecular formula is C31H35ClF3N3O5S. The summed E-state index contributed by atoms with van der Waals surface area (Å²) < 4.78 is 75.1. The molecule has 0 aromatic heterocycles. The van der Waals surface area contributed by atoms with Crippen LogP contribution < -0.4 is 14.4 Å². The van der Waals surface area contributed by atoms with Gasteiger partial charge in [0.2, 0.25) is 11.8 Å². The SMILES string of the molecule is CCC(C(=O)NC(C)C)N(Cc1ccc(OC)cc1)C(=O)CN(c1ccc(Cl)c(C(F)(F)F)c1)S(=O)(=O)c1ccc(C)cc1.